The third kappa shape index (κ3) is 2.45. The Morgan fingerprint density at radius 2 is 2.00 bits per heavy atom. The lowest BCUT2D eigenvalue weighted by Gasteiger charge is -2.04. The maximum atomic E-state index is 11.6. The van der Waals surface area contributed by atoms with Crippen molar-refractivity contribution in [2.24, 2.45) is 0 Å². The third-order valence-corrected chi connectivity index (χ3v) is 4.40. The molecule has 3 aromatic rings. The minimum Gasteiger partial charge on any atom is -0.345 e. The molecular weight excluding hydrogens is 288 g/mol. The monoisotopic (exact) mass is 300 g/mol. The number of sulfone groups is 1. The molecule has 0 spiro atoms. The molecule has 5 nitrogen and oxygen atoms in total. The van der Waals surface area contributed by atoms with E-state index in [1.54, 1.807) is 30.6 Å². The molecule has 0 aliphatic heterocycles. The highest BCUT2D eigenvalue weighted by Crippen LogP contribution is 2.25. The predicted molar refractivity (Wildman–Crippen MR) is 80.0 cm³/mol. The fourth-order valence-electron chi connectivity index (χ4n) is 2.19. The number of hydrogen-bond acceptors (Lipinski definition) is 4. The van der Waals surface area contributed by atoms with Crippen molar-refractivity contribution in [3.05, 3.63) is 48.3 Å². The first-order valence-electron chi connectivity index (χ1n) is 6.22. The van der Waals surface area contributed by atoms with Crippen LogP contribution in [0.2, 0.25) is 0 Å². The van der Waals surface area contributed by atoms with E-state index in [0.717, 1.165) is 17.4 Å². The Morgan fingerprint density at radius 3 is 2.71 bits per heavy atom. The van der Waals surface area contributed by atoms with Gasteiger partial charge in [-0.05, 0) is 23.8 Å². The molecule has 0 amide bonds. The van der Waals surface area contributed by atoms with Crippen LogP contribution in [0, 0.1) is 0 Å². The first-order chi connectivity index (χ1) is 9.99. The normalized spacial score (nSPS) is 11.7. The van der Waals surface area contributed by atoms with Crippen molar-refractivity contribution < 1.29 is 13.2 Å². The molecule has 0 saturated heterocycles. The summed E-state index contributed by atoms with van der Waals surface area (Å²) in [7, 11) is -3.26. The SMILES string of the molecule is CS(=O)(=O)c1cccc(-c2cnc3[nH]cc(C=O)c3c2)c1. The van der Waals surface area contributed by atoms with Crippen LogP contribution >= 0.6 is 0 Å². The zero-order valence-electron chi connectivity index (χ0n) is 11.2. The van der Waals surface area contributed by atoms with Crippen LogP contribution < -0.4 is 0 Å². The summed E-state index contributed by atoms with van der Waals surface area (Å²) in [6.07, 6.45) is 5.18. The van der Waals surface area contributed by atoms with Crippen LogP contribution in [0.15, 0.2) is 47.6 Å². The van der Waals surface area contributed by atoms with E-state index in [1.807, 2.05) is 12.1 Å². The molecule has 106 valence electrons. The zero-order valence-corrected chi connectivity index (χ0v) is 12.0. The highest BCUT2D eigenvalue weighted by molar-refractivity contribution is 7.90. The van der Waals surface area contributed by atoms with Gasteiger partial charge in [0.1, 0.15) is 5.65 Å². The lowest BCUT2D eigenvalue weighted by Crippen LogP contribution is -1.96. The molecule has 2 aromatic heterocycles. The van der Waals surface area contributed by atoms with E-state index in [1.165, 1.54) is 6.26 Å². The van der Waals surface area contributed by atoms with Crippen LogP contribution in [-0.2, 0) is 9.84 Å². The molecule has 6 heteroatoms. The van der Waals surface area contributed by atoms with Crippen molar-refractivity contribution in [2.45, 2.75) is 4.90 Å². The van der Waals surface area contributed by atoms with Gasteiger partial charge in [-0.3, -0.25) is 4.79 Å². The van der Waals surface area contributed by atoms with Crippen LogP contribution in [0.25, 0.3) is 22.2 Å². The second-order valence-electron chi connectivity index (χ2n) is 4.78. The Kier molecular flexibility index (Phi) is 3.10. The van der Waals surface area contributed by atoms with Crippen molar-refractivity contribution in [2.75, 3.05) is 6.26 Å². The first-order valence-corrected chi connectivity index (χ1v) is 8.11. The second-order valence-corrected chi connectivity index (χ2v) is 6.80. The number of carbonyl (C=O) groups excluding carboxylic acids is 1. The molecule has 0 radical (unpaired) electrons. The van der Waals surface area contributed by atoms with Gasteiger partial charge in [-0.25, -0.2) is 13.4 Å². The number of fused-ring (bicyclic) bond motifs is 1. The van der Waals surface area contributed by atoms with E-state index in [4.69, 9.17) is 0 Å². The summed E-state index contributed by atoms with van der Waals surface area (Å²) in [6.45, 7) is 0. The summed E-state index contributed by atoms with van der Waals surface area (Å²) in [5.41, 5.74) is 2.65. The fourth-order valence-corrected chi connectivity index (χ4v) is 2.85. The van der Waals surface area contributed by atoms with Crippen LogP contribution in [-0.4, -0.2) is 30.9 Å². The minimum absolute atomic E-state index is 0.254. The summed E-state index contributed by atoms with van der Waals surface area (Å²) in [5, 5.41) is 0.715. The predicted octanol–water partition coefficient (Wildman–Crippen LogP) is 2.45. The van der Waals surface area contributed by atoms with E-state index in [2.05, 4.69) is 9.97 Å². The van der Waals surface area contributed by atoms with Gasteiger partial charge in [0.25, 0.3) is 0 Å². The van der Waals surface area contributed by atoms with Crippen LogP contribution in [0.1, 0.15) is 10.4 Å². The number of hydrogen-bond donors (Lipinski definition) is 1. The molecule has 0 fully saturated rings. The van der Waals surface area contributed by atoms with Gasteiger partial charge in [0, 0.05) is 35.2 Å². The van der Waals surface area contributed by atoms with E-state index < -0.39 is 9.84 Å². The number of nitrogens with zero attached hydrogens (tertiary/aromatic N) is 1. The number of nitrogens with one attached hydrogen (secondary N) is 1. The maximum absolute atomic E-state index is 11.6. The summed E-state index contributed by atoms with van der Waals surface area (Å²) < 4.78 is 23.2. The number of aldehydes is 1. The molecule has 2 heterocycles. The molecule has 0 atom stereocenters. The van der Waals surface area contributed by atoms with Gasteiger partial charge in [0.15, 0.2) is 16.1 Å². The molecular formula is C15H12N2O3S. The third-order valence-electron chi connectivity index (χ3n) is 3.29. The van der Waals surface area contributed by atoms with Gasteiger partial charge in [-0.2, -0.15) is 0 Å². The lowest BCUT2D eigenvalue weighted by atomic mass is 10.1. The smallest absolute Gasteiger partial charge is 0.175 e. The molecule has 1 aromatic carbocycles. The summed E-state index contributed by atoms with van der Waals surface area (Å²) in [5.74, 6) is 0. The second kappa shape index (κ2) is 4.82. The molecule has 3 rings (SSSR count). The van der Waals surface area contributed by atoms with Gasteiger partial charge >= 0.3 is 0 Å². The molecule has 0 aliphatic rings. The molecule has 1 N–H and O–H groups in total. The molecule has 21 heavy (non-hydrogen) atoms. The number of aromatic amines is 1. The highest BCUT2D eigenvalue weighted by Gasteiger charge is 2.10. The number of benzene rings is 1. The van der Waals surface area contributed by atoms with E-state index in [-0.39, 0.29) is 4.90 Å². The first kappa shape index (κ1) is 13.5. The van der Waals surface area contributed by atoms with Crippen LogP contribution in [0.4, 0.5) is 0 Å². The molecule has 0 bridgehead atoms. The highest BCUT2D eigenvalue weighted by atomic mass is 32.2. The Balaban J connectivity index is 2.18. The van der Waals surface area contributed by atoms with E-state index >= 15 is 0 Å². The number of aromatic nitrogens is 2. The van der Waals surface area contributed by atoms with Gasteiger partial charge in [-0.15, -0.1) is 0 Å². The van der Waals surface area contributed by atoms with Crippen molar-refractivity contribution >= 4 is 27.2 Å². The van der Waals surface area contributed by atoms with Gasteiger partial charge in [-0.1, -0.05) is 12.1 Å². The summed E-state index contributed by atoms with van der Waals surface area (Å²) in [6, 6.07) is 8.48. The number of carbonyl (C=O) groups is 1. The summed E-state index contributed by atoms with van der Waals surface area (Å²) >= 11 is 0. The van der Waals surface area contributed by atoms with E-state index in [0.29, 0.717) is 16.6 Å². The number of H-pyrrole nitrogens is 1. The Bertz CT molecular complexity index is 942. The maximum Gasteiger partial charge on any atom is 0.175 e. The molecule has 0 aliphatic carbocycles. The number of rotatable bonds is 3. The van der Waals surface area contributed by atoms with Crippen molar-refractivity contribution in [3.63, 3.8) is 0 Å². The lowest BCUT2D eigenvalue weighted by molar-refractivity contribution is 0.112. The minimum atomic E-state index is -3.26. The van der Waals surface area contributed by atoms with Crippen molar-refractivity contribution in [1.29, 1.82) is 0 Å². The van der Waals surface area contributed by atoms with Crippen LogP contribution in [0.3, 0.4) is 0 Å². The van der Waals surface area contributed by atoms with Gasteiger partial charge in [0.2, 0.25) is 0 Å². The summed E-state index contributed by atoms with van der Waals surface area (Å²) in [4.78, 5) is 18.4. The van der Waals surface area contributed by atoms with Gasteiger partial charge in [0.05, 0.1) is 4.90 Å². The Hall–Kier alpha value is -2.47. The Labute approximate surface area is 121 Å². The van der Waals surface area contributed by atoms with Crippen molar-refractivity contribution in [3.8, 4) is 11.1 Å². The average molecular weight is 300 g/mol. The quantitative estimate of drug-likeness (QED) is 0.753. The molecule has 0 unspecified atom stereocenters. The largest absolute Gasteiger partial charge is 0.345 e. The fraction of sp³-hybridized carbons (Fsp3) is 0.0667. The number of pyridine rings is 1. The zero-order chi connectivity index (χ0) is 15.0. The average Bonchev–Trinajstić information content (AvgIpc) is 2.88. The van der Waals surface area contributed by atoms with Gasteiger partial charge < -0.3 is 4.98 Å². The van der Waals surface area contributed by atoms with Crippen LogP contribution in [0.5, 0.6) is 0 Å². The molecule has 0 saturated carbocycles. The van der Waals surface area contributed by atoms with Crippen molar-refractivity contribution in [1.82, 2.24) is 9.97 Å². The topological polar surface area (TPSA) is 79.9 Å². The Morgan fingerprint density at radius 1 is 1.19 bits per heavy atom. The standard InChI is InChI=1S/C15H12N2O3S/c1-21(19,20)13-4-2-3-10(5-13)11-6-14-12(9-18)8-17-15(14)16-7-11/h2-9H,1H3,(H,16,17). The van der Waals surface area contributed by atoms with E-state index in [9.17, 15) is 13.2 Å².